The van der Waals surface area contributed by atoms with E-state index in [1.54, 1.807) is 23.3 Å². The van der Waals surface area contributed by atoms with Crippen molar-refractivity contribution in [3.63, 3.8) is 0 Å². The van der Waals surface area contributed by atoms with Gasteiger partial charge in [-0.3, -0.25) is 9.52 Å². The Labute approximate surface area is 148 Å². The molecule has 0 aliphatic carbocycles. The predicted octanol–water partition coefficient (Wildman–Crippen LogP) is 3.90. The van der Waals surface area contributed by atoms with Crippen LogP contribution in [-0.2, 0) is 9.53 Å². The van der Waals surface area contributed by atoms with Gasteiger partial charge in [0.25, 0.3) is 0 Å². The lowest BCUT2D eigenvalue weighted by atomic mass is 9.98. The maximum absolute atomic E-state index is 11.9. The minimum atomic E-state index is -0.0780. The number of thiophene rings is 1. The van der Waals surface area contributed by atoms with E-state index >= 15 is 0 Å². The number of carbonyl (C=O) groups is 1. The van der Waals surface area contributed by atoms with E-state index in [9.17, 15) is 4.79 Å². The molecule has 0 saturated carbocycles. The number of carbonyl (C=O) groups excluding carboxylic acids is 1. The fraction of sp³-hybridized carbons (Fsp3) is 0.533. The first kappa shape index (κ1) is 17.8. The summed E-state index contributed by atoms with van der Waals surface area (Å²) >= 11 is 6.76. The van der Waals surface area contributed by atoms with Crippen LogP contribution in [-0.4, -0.2) is 37.1 Å². The molecule has 4 nitrogen and oxygen atoms in total. The minimum Gasteiger partial charge on any atom is -0.466 e. The van der Waals surface area contributed by atoms with Gasteiger partial charge in [0.2, 0.25) is 0 Å². The maximum atomic E-state index is 11.9. The summed E-state index contributed by atoms with van der Waals surface area (Å²) in [5.74, 6) is -0.0999. The van der Waals surface area contributed by atoms with Crippen LogP contribution in [0.1, 0.15) is 19.8 Å². The molecular weight excluding hydrogens is 384 g/mol. The molecule has 0 bridgehead atoms. The van der Waals surface area contributed by atoms with Crippen LogP contribution in [0.2, 0.25) is 0 Å². The summed E-state index contributed by atoms with van der Waals surface area (Å²) in [4.78, 5) is 14.1. The fourth-order valence-corrected chi connectivity index (χ4v) is 4.94. The molecule has 122 valence electrons. The molecule has 1 saturated heterocycles. The normalized spacial score (nSPS) is 18.3. The Balaban J connectivity index is 1.75. The van der Waals surface area contributed by atoms with E-state index in [4.69, 9.17) is 4.74 Å². The molecule has 1 aliphatic heterocycles. The number of piperidine rings is 1. The van der Waals surface area contributed by atoms with Gasteiger partial charge in [0.1, 0.15) is 0 Å². The van der Waals surface area contributed by atoms with Gasteiger partial charge in [-0.1, -0.05) is 6.58 Å². The van der Waals surface area contributed by atoms with E-state index in [0.717, 1.165) is 28.9 Å². The van der Waals surface area contributed by atoms with Crippen molar-refractivity contribution in [1.82, 2.24) is 9.62 Å². The first-order valence-corrected chi connectivity index (χ1v) is 9.77. The van der Waals surface area contributed by atoms with E-state index in [1.165, 1.54) is 4.21 Å². The molecule has 1 N–H and O–H groups in total. The van der Waals surface area contributed by atoms with Gasteiger partial charge < -0.3 is 9.64 Å². The van der Waals surface area contributed by atoms with Crippen molar-refractivity contribution in [1.29, 1.82) is 0 Å². The molecule has 1 unspecified atom stereocenters. The highest BCUT2D eigenvalue weighted by molar-refractivity contribution is 9.11. The van der Waals surface area contributed by atoms with Gasteiger partial charge in [-0.05, 0) is 59.8 Å². The van der Waals surface area contributed by atoms with Crippen molar-refractivity contribution >= 4 is 45.2 Å². The Hall–Kier alpha value is -0.500. The fourth-order valence-electron chi connectivity index (χ4n) is 2.37. The molecule has 2 heterocycles. The molecule has 0 radical (unpaired) electrons. The summed E-state index contributed by atoms with van der Waals surface area (Å²) < 4.78 is 10.8. The zero-order chi connectivity index (χ0) is 15.9. The number of hydrogen-bond donors (Lipinski definition) is 1. The third-order valence-electron chi connectivity index (χ3n) is 3.49. The van der Waals surface area contributed by atoms with E-state index in [1.807, 2.05) is 13.0 Å². The zero-order valence-corrected chi connectivity index (χ0v) is 15.9. The first-order valence-electron chi connectivity index (χ1n) is 7.34. The van der Waals surface area contributed by atoms with Crippen LogP contribution < -0.4 is 4.72 Å². The largest absolute Gasteiger partial charge is 0.466 e. The molecule has 1 aromatic heterocycles. The summed E-state index contributed by atoms with van der Waals surface area (Å²) in [5.41, 5.74) is 1.03. The molecular formula is C15H21BrN2O2S2. The highest BCUT2D eigenvalue weighted by atomic mass is 79.9. The van der Waals surface area contributed by atoms with Crippen molar-refractivity contribution in [3.8, 4) is 0 Å². The van der Waals surface area contributed by atoms with Crippen molar-refractivity contribution in [2.45, 2.75) is 24.0 Å². The van der Waals surface area contributed by atoms with Crippen molar-refractivity contribution in [3.05, 3.63) is 28.2 Å². The van der Waals surface area contributed by atoms with Crippen molar-refractivity contribution < 1.29 is 9.53 Å². The van der Waals surface area contributed by atoms with Crippen LogP contribution in [0.3, 0.4) is 0 Å². The lowest BCUT2D eigenvalue weighted by molar-refractivity contribution is -0.149. The SMILES string of the molecule is C=C(CNSc1ccc(Br)s1)N1CCCC(C(=O)OCC)C1. The van der Waals surface area contributed by atoms with Gasteiger partial charge in [-0.25, -0.2) is 0 Å². The van der Waals surface area contributed by atoms with Crippen LogP contribution in [0, 0.1) is 5.92 Å². The van der Waals surface area contributed by atoms with Crippen molar-refractivity contribution in [2.24, 2.45) is 5.92 Å². The monoisotopic (exact) mass is 404 g/mol. The molecule has 1 atom stereocenters. The topological polar surface area (TPSA) is 41.6 Å². The number of nitrogens with zero attached hydrogens (tertiary/aromatic N) is 1. The maximum Gasteiger partial charge on any atom is 0.310 e. The standard InChI is InChI=1S/C15H21BrN2O2S2/c1-3-20-15(19)12-5-4-8-18(10-12)11(2)9-17-22-14-7-6-13(16)21-14/h6-7,12,17H,2-5,8-10H2,1H3. The average molecular weight is 405 g/mol. The zero-order valence-electron chi connectivity index (χ0n) is 12.6. The number of halogens is 1. The third kappa shape index (κ3) is 5.30. The van der Waals surface area contributed by atoms with Crippen LogP contribution in [0.4, 0.5) is 0 Å². The number of rotatable bonds is 7. The summed E-state index contributed by atoms with van der Waals surface area (Å²) in [7, 11) is 0. The van der Waals surface area contributed by atoms with Crippen LogP contribution in [0.25, 0.3) is 0 Å². The second-order valence-electron chi connectivity index (χ2n) is 5.09. The highest BCUT2D eigenvalue weighted by Crippen LogP contribution is 2.29. The molecule has 2 rings (SSSR count). The van der Waals surface area contributed by atoms with Crippen molar-refractivity contribution in [2.75, 3.05) is 26.2 Å². The van der Waals surface area contributed by atoms with E-state index in [-0.39, 0.29) is 11.9 Å². The summed E-state index contributed by atoms with van der Waals surface area (Å²) in [5, 5.41) is 0. The number of likely N-dealkylation sites (tertiary alicyclic amines) is 1. The third-order valence-corrected chi connectivity index (χ3v) is 6.03. The van der Waals surface area contributed by atoms with Gasteiger partial charge >= 0.3 is 5.97 Å². The van der Waals surface area contributed by atoms with Crippen LogP contribution in [0.15, 0.2) is 32.4 Å². The predicted molar refractivity (Wildman–Crippen MR) is 95.9 cm³/mol. The van der Waals surface area contributed by atoms with E-state index in [0.29, 0.717) is 19.7 Å². The van der Waals surface area contributed by atoms with E-state index in [2.05, 4.69) is 38.2 Å². The summed E-state index contributed by atoms with van der Waals surface area (Å²) in [6, 6.07) is 4.12. The molecule has 0 amide bonds. The number of esters is 1. The lowest BCUT2D eigenvalue weighted by Gasteiger charge is -2.34. The Bertz CT molecular complexity index is 521. The Morgan fingerprint density at radius 2 is 2.45 bits per heavy atom. The molecule has 7 heteroatoms. The Kier molecular flexibility index (Phi) is 7.27. The Morgan fingerprint density at radius 3 is 3.14 bits per heavy atom. The van der Waals surface area contributed by atoms with Gasteiger partial charge in [0.15, 0.2) is 0 Å². The molecule has 22 heavy (non-hydrogen) atoms. The molecule has 0 spiro atoms. The van der Waals surface area contributed by atoms with Crippen LogP contribution in [0.5, 0.6) is 0 Å². The number of nitrogens with one attached hydrogen (secondary N) is 1. The first-order chi connectivity index (χ1) is 10.6. The molecule has 0 aromatic carbocycles. The van der Waals surface area contributed by atoms with Gasteiger partial charge in [0.05, 0.1) is 20.5 Å². The number of hydrogen-bond acceptors (Lipinski definition) is 6. The van der Waals surface area contributed by atoms with E-state index < -0.39 is 0 Å². The smallest absolute Gasteiger partial charge is 0.310 e. The second kappa shape index (κ2) is 8.96. The second-order valence-corrected chi connectivity index (χ2v) is 8.74. The summed E-state index contributed by atoms with van der Waals surface area (Å²) in [6.45, 7) is 8.83. The van der Waals surface area contributed by atoms with Gasteiger partial charge in [0, 0.05) is 25.3 Å². The Morgan fingerprint density at radius 1 is 1.64 bits per heavy atom. The lowest BCUT2D eigenvalue weighted by Crippen LogP contribution is -2.40. The quantitative estimate of drug-likeness (QED) is 0.551. The van der Waals surface area contributed by atoms with Gasteiger partial charge in [-0.2, -0.15) is 0 Å². The summed E-state index contributed by atoms with van der Waals surface area (Å²) in [6.07, 6.45) is 1.92. The molecule has 1 fully saturated rings. The average Bonchev–Trinajstić information content (AvgIpc) is 2.93. The molecule has 1 aromatic rings. The van der Waals surface area contributed by atoms with Crippen LogP contribution >= 0.6 is 39.2 Å². The minimum absolute atomic E-state index is 0.0219. The van der Waals surface area contributed by atoms with Gasteiger partial charge in [-0.15, -0.1) is 11.3 Å². The molecule has 1 aliphatic rings. The number of ether oxygens (including phenoxy) is 1. The highest BCUT2D eigenvalue weighted by Gasteiger charge is 2.27.